The molecule has 0 aromatic heterocycles. The van der Waals surface area contributed by atoms with Crippen LogP contribution in [0.4, 0.5) is 0 Å². The van der Waals surface area contributed by atoms with Crippen LogP contribution in [-0.2, 0) is 11.2 Å². The summed E-state index contributed by atoms with van der Waals surface area (Å²) < 4.78 is 0. The number of carbonyl (C=O) groups excluding carboxylic acids is 1. The standard InChI is InChI=1S/C19H20N2O/c1-14(17-11-7-4-8-12-17)21-15(2)20-18(19(21)22)13-16-9-5-3-6-10-16/h3-12,14,18H,13H2,1-2H3. The number of amidine groups is 1. The van der Waals surface area contributed by atoms with Crippen molar-refractivity contribution < 1.29 is 4.79 Å². The average molecular weight is 292 g/mol. The lowest BCUT2D eigenvalue weighted by Crippen LogP contribution is -2.36. The second-order valence-electron chi connectivity index (χ2n) is 5.68. The molecule has 1 amide bonds. The van der Waals surface area contributed by atoms with Crippen LogP contribution in [0.15, 0.2) is 65.7 Å². The van der Waals surface area contributed by atoms with Crippen LogP contribution in [0.25, 0.3) is 0 Å². The number of rotatable bonds is 4. The molecule has 3 rings (SSSR count). The summed E-state index contributed by atoms with van der Waals surface area (Å²) in [7, 11) is 0. The van der Waals surface area contributed by atoms with Gasteiger partial charge < -0.3 is 0 Å². The van der Waals surface area contributed by atoms with Crippen molar-refractivity contribution >= 4 is 11.7 Å². The molecule has 112 valence electrons. The molecule has 2 atom stereocenters. The summed E-state index contributed by atoms with van der Waals surface area (Å²) in [5, 5.41) is 0. The first-order valence-corrected chi connectivity index (χ1v) is 7.63. The monoisotopic (exact) mass is 292 g/mol. The first-order valence-electron chi connectivity index (χ1n) is 7.63. The van der Waals surface area contributed by atoms with Crippen LogP contribution in [0.5, 0.6) is 0 Å². The fourth-order valence-corrected chi connectivity index (χ4v) is 2.99. The third kappa shape index (κ3) is 2.80. The normalized spacial score (nSPS) is 19.2. The van der Waals surface area contributed by atoms with Gasteiger partial charge in [0.15, 0.2) is 0 Å². The van der Waals surface area contributed by atoms with Gasteiger partial charge in [-0.2, -0.15) is 0 Å². The number of carbonyl (C=O) groups is 1. The van der Waals surface area contributed by atoms with E-state index in [2.05, 4.69) is 24.0 Å². The highest BCUT2D eigenvalue weighted by Crippen LogP contribution is 2.26. The summed E-state index contributed by atoms with van der Waals surface area (Å²) in [5.41, 5.74) is 2.28. The summed E-state index contributed by atoms with van der Waals surface area (Å²) in [4.78, 5) is 19.2. The third-order valence-electron chi connectivity index (χ3n) is 4.15. The van der Waals surface area contributed by atoms with Gasteiger partial charge in [0.25, 0.3) is 5.91 Å². The van der Waals surface area contributed by atoms with Gasteiger partial charge in [-0.05, 0) is 25.0 Å². The van der Waals surface area contributed by atoms with Crippen molar-refractivity contribution in [2.75, 3.05) is 0 Å². The fourth-order valence-electron chi connectivity index (χ4n) is 2.99. The predicted octanol–water partition coefficient (Wildman–Crippen LogP) is 3.62. The van der Waals surface area contributed by atoms with Gasteiger partial charge in [0.05, 0.1) is 6.04 Å². The molecule has 1 heterocycles. The molecule has 0 aliphatic carbocycles. The van der Waals surface area contributed by atoms with Gasteiger partial charge in [-0.1, -0.05) is 60.7 Å². The molecule has 22 heavy (non-hydrogen) atoms. The molecule has 0 N–H and O–H groups in total. The molecular formula is C19H20N2O. The van der Waals surface area contributed by atoms with Crippen LogP contribution in [-0.4, -0.2) is 22.7 Å². The first kappa shape index (κ1) is 14.5. The van der Waals surface area contributed by atoms with Crippen LogP contribution < -0.4 is 0 Å². The Kier molecular flexibility index (Phi) is 4.05. The molecule has 1 aliphatic rings. The van der Waals surface area contributed by atoms with Crippen LogP contribution in [0, 0.1) is 0 Å². The molecule has 2 aromatic rings. The summed E-state index contributed by atoms with van der Waals surface area (Å²) in [5.74, 6) is 0.903. The lowest BCUT2D eigenvalue weighted by molar-refractivity contribution is -0.128. The number of hydrogen-bond acceptors (Lipinski definition) is 2. The number of benzene rings is 2. The Balaban J connectivity index is 1.78. The topological polar surface area (TPSA) is 32.7 Å². The van der Waals surface area contributed by atoms with Gasteiger partial charge in [-0.25, -0.2) is 0 Å². The van der Waals surface area contributed by atoms with E-state index >= 15 is 0 Å². The quantitative estimate of drug-likeness (QED) is 0.847. The highest BCUT2D eigenvalue weighted by atomic mass is 16.2. The summed E-state index contributed by atoms with van der Waals surface area (Å²) >= 11 is 0. The lowest BCUT2D eigenvalue weighted by atomic mass is 10.0. The zero-order valence-corrected chi connectivity index (χ0v) is 12.9. The molecule has 3 heteroatoms. The van der Waals surface area contributed by atoms with E-state index in [1.807, 2.05) is 60.4 Å². The Labute approximate surface area is 131 Å². The van der Waals surface area contributed by atoms with Crippen molar-refractivity contribution in [3.63, 3.8) is 0 Å². The smallest absolute Gasteiger partial charge is 0.253 e. The van der Waals surface area contributed by atoms with E-state index in [4.69, 9.17) is 0 Å². The van der Waals surface area contributed by atoms with Crippen LogP contribution in [0.3, 0.4) is 0 Å². The maximum atomic E-state index is 12.7. The average Bonchev–Trinajstić information content (AvgIpc) is 2.82. The van der Waals surface area contributed by atoms with Crippen molar-refractivity contribution in [1.29, 1.82) is 0 Å². The first-order chi connectivity index (χ1) is 10.7. The maximum absolute atomic E-state index is 12.7. The molecule has 0 fully saturated rings. The minimum atomic E-state index is -0.298. The van der Waals surface area contributed by atoms with Gasteiger partial charge >= 0.3 is 0 Å². The predicted molar refractivity (Wildman–Crippen MR) is 88.7 cm³/mol. The fraction of sp³-hybridized carbons (Fsp3) is 0.263. The highest BCUT2D eigenvalue weighted by molar-refractivity contribution is 6.05. The van der Waals surface area contributed by atoms with Crippen LogP contribution in [0.1, 0.15) is 31.0 Å². The maximum Gasteiger partial charge on any atom is 0.253 e. The van der Waals surface area contributed by atoms with E-state index < -0.39 is 0 Å². The Bertz CT molecular complexity index is 679. The van der Waals surface area contributed by atoms with Gasteiger partial charge in [0, 0.05) is 6.42 Å². The molecule has 0 spiro atoms. The molecule has 0 saturated carbocycles. The van der Waals surface area contributed by atoms with Gasteiger partial charge in [-0.3, -0.25) is 14.7 Å². The number of aliphatic imine (C=N–C) groups is 1. The van der Waals surface area contributed by atoms with Crippen molar-refractivity contribution in [2.24, 2.45) is 4.99 Å². The summed E-state index contributed by atoms with van der Waals surface area (Å²) in [6.45, 7) is 3.97. The van der Waals surface area contributed by atoms with Crippen molar-refractivity contribution in [3.8, 4) is 0 Å². The van der Waals surface area contributed by atoms with Crippen LogP contribution in [0.2, 0.25) is 0 Å². The largest absolute Gasteiger partial charge is 0.292 e. The van der Waals surface area contributed by atoms with E-state index in [-0.39, 0.29) is 18.0 Å². The van der Waals surface area contributed by atoms with E-state index in [1.165, 1.54) is 0 Å². The van der Waals surface area contributed by atoms with Crippen molar-refractivity contribution in [3.05, 3.63) is 71.8 Å². The molecule has 1 aliphatic heterocycles. The highest BCUT2D eigenvalue weighted by Gasteiger charge is 2.35. The van der Waals surface area contributed by atoms with E-state index in [1.54, 1.807) is 0 Å². The Morgan fingerprint density at radius 1 is 1.05 bits per heavy atom. The second-order valence-corrected chi connectivity index (χ2v) is 5.68. The minimum absolute atomic E-state index is 0.0122. The molecule has 2 aromatic carbocycles. The number of amides is 1. The SMILES string of the molecule is CC1=NC(Cc2ccccc2)C(=O)N1C(C)c1ccccc1. The van der Waals surface area contributed by atoms with Crippen LogP contribution >= 0.6 is 0 Å². The van der Waals surface area contributed by atoms with E-state index in [9.17, 15) is 4.79 Å². The summed E-state index contributed by atoms with van der Waals surface area (Å²) in [6, 6.07) is 19.9. The molecule has 0 bridgehead atoms. The van der Waals surface area contributed by atoms with Gasteiger partial charge in [0.1, 0.15) is 11.9 Å². The van der Waals surface area contributed by atoms with E-state index in [0.717, 1.165) is 17.0 Å². The minimum Gasteiger partial charge on any atom is -0.292 e. The molecule has 0 saturated heterocycles. The van der Waals surface area contributed by atoms with Crippen molar-refractivity contribution in [1.82, 2.24) is 4.90 Å². The summed E-state index contributed by atoms with van der Waals surface area (Å²) in [6.07, 6.45) is 0.662. The van der Waals surface area contributed by atoms with E-state index in [0.29, 0.717) is 6.42 Å². The molecular weight excluding hydrogens is 272 g/mol. The second kappa shape index (κ2) is 6.14. The molecule has 0 radical (unpaired) electrons. The van der Waals surface area contributed by atoms with Gasteiger partial charge in [-0.15, -0.1) is 0 Å². The lowest BCUT2D eigenvalue weighted by Gasteiger charge is -2.25. The Morgan fingerprint density at radius 3 is 2.27 bits per heavy atom. The van der Waals surface area contributed by atoms with Gasteiger partial charge in [0.2, 0.25) is 0 Å². The number of nitrogens with zero attached hydrogens (tertiary/aromatic N) is 2. The molecule has 2 unspecified atom stereocenters. The number of hydrogen-bond donors (Lipinski definition) is 0. The molecule has 3 nitrogen and oxygen atoms in total. The Morgan fingerprint density at radius 2 is 1.64 bits per heavy atom. The van der Waals surface area contributed by atoms with Crippen molar-refractivity contribution in [2.45, 2.75) is 32.4 Å². The zero-order valence-electron chi connectivity index (χ0n) is 12.9. The third-order valence-corrected chi connectivity index (χ3v) is 4.15. The Hall–Kier alpha value is -2.42. The zero-order chi connectivity index (χ0) is 15.5.